The predicted molar refractivity (Wildman–Crippen MR) is 111 cm³/mol. The lowest BCUT2D eigenvalue weighted by Crippen LogP contribution is -2.43. The second-order valence-corrected chi connectivity index (χ2v) is 8.04. The molecule has 1 aromatic heterocycles. The number of aromatic nitrogens is 2. The second-order valence-electron chi connectivity index (χ2n) is 7.61. The highest BCUT2D eigenvalue weighted by Crippen LogP contribution is 2.36. The highest BCUT2D eigenvalue weighted by molar-refractivity contribution is 6.30. The molecule has 4 rings (SSSR count). The van der Waals surface area contributed by atoms with Gasteiger partial charge in [-0.1, -0.05) is 30.2 Å². The predicted octanol–water partition coefficient (Wildman–Crippen LogP) is 3.53. The van der Waals surface area contributed by atoms with Crippen LogP contribution in [0.1, 0.15) is 43.8 Å². The van der Waals surface area contributed by atoms with Crippen molar-refractivity contribution >= 4 is 23.5 Å². The van der Waals surface area contributed by atoms with Crippen molar-refractivity contribution in [3.05, 3.63) is 41.2 Å². The Kier molecular flexibility index (Phi) is 5.78. The van der Waals surface area contributed by atoms with Crippen LogP contribution >= 0.6 is 11.6 Å². The molecule has 2 fully saturated rings. The van der Waals surface area contributed by atoms with E-state index in [1.807, 2.05) is 29.2 Å². The number of rotatable bonds is 4. The van der Waals surface area contributed by atoms with Gasteiger partial charge in [0.05, 0.1) is 18.3 Å². The minimum Gasteiger partial charge on any atom is -0.368 e. The van der Waals surface area contributed by atoms with Crippen molar-refractivity contribution in [2.24, 2.45) is 0 Å². The highest BCUT2D eigenvalue weighted by atomic mass is 35.5. The van der Waals surface area contributed by atoms with Gasteiger partial charge in [0.15, 0.2) is 0 Å². The summed E-state index contributed by atoms with van der Waals surface area (Å²) in [6.45, 7) is 3.09. The van der Waals surface area contributed by atoms with Crippen molar-refractivity contribution in [2.75, 3.05) is 31.9 Å². The van der Waals surface area contributed by atoms with Crippen LogP contribution in [0, 0.1) is 0 Å². The average Bonchev–Trinajstić information content (AvgIpc) is 3.23. The van der Waals surface area contributed by atoms with Crippen LogP contribution in [-0.2, 0) is 4.79 Å². The van der Waals surface area contributed by atoms with Crippen LogP contribution in [0.25, 0.3) is 11.1 Å². The zero-order chi connectivity index (χ0) is 19.5. The molecule has 0 unspecified atom stereocenters. The first-order valence-electron chi connectivity index (χ1n) is 10.0. The molecule has 0 radical (unpaired) electrons. The summed E-state index contributed by atoms with van der Waals surface area (Å²) in [5.74, 6) is 0.480. The van der Waals surface area contributed by atoms with Crippen molar-refractivity contribution in [3.63, 3.8) is 0 Å². The number of nitrogens with two attached hydrogens (primary N) is 1. The van der Waals surface area contributed by atoms with Gasteiger partial charge in [-0.05, 0) is 49.9 Å². The molecule has 1 amide bonds. The average molecular weight is 400 g/mol. The fraction of sp³-hybridized carbons (Fsp3) is 0.476. The third-order valence-corrected chi connectivity index (χ3v) is 5.93. The van der Waals surface area contributed by atoms with E-state index in [1.54, 1.807) is 6.20 Å². The molecule has 0 spiro atoms. The maximum absolute atomic E-state index is 12.8. The smallest absolute Gasteiger partial charge is 0.236 e. The van der Waals surface area contributed by atoms with Crippen molar-refractivity contribution in [1.82, 2.24) is 19.8 Å². The Morgan fingerprint density at radius 2 is 1.96 bits per heavy atom. The number of nitrogen functional groups attached to an aromatic ring is 1. The van der Waals surface area contributed by atoms with Gasteiger partial charge in [0.2, 0.25) is 11.9 Å². The monoisotopic (exact) mass is 399 g/mol. The SMILES string of the molecule is Nc1ncc(-c2cccc(Cl)c2)c([C@H]2CCCCN2CC(=O)N2CCCC2)n1. The minimum atomic E-state index is 0.0552. The molecule has 2 N–H and O–H groups in total. The molecule has 0 saturated carbocycles. The van der Waals surface area contributed by atoms with E-state index in [0.29, 0.717) is 11.6 Å². The van der Waals surface area contributed by atoms with E-state index < -0.39 is 0 Å². The van der Waals surface area contributed by atoms with Gasteiger partial charge in [0.1, 0.15) is 0 Å². The van der Waals surface area contributed by atoms with E-state index in [1.165, 1.54) is 0 Å². The van der Waals surface area contributed by atoms with E-state index in [-0.39, 0.29) is 17.9 Å². The van der Waals surface area contributed by atoms with Gasteiger partial charge < -0.3 is 10.6 Å². The third-order valence-electron chi connectivity index (χ3n) is 5.70. The molecule has 2 aromatic rings. The van der Waals surface area contributed by atoms with Crippen LogP contribution in [0.2, 0.25) is 5.02 Å². The van der Waals surface area contributed by atoms with Crippen LogP contribution in [0.4, 0.5) is 5.95 Å². The quantitative estimate of drug-likeness (QED) is 0.851. The van der Waals surface area contributed by atoms with Gasteiger partial charge in [-0.15, -0.1) is 0 Å². The molecular weight excluding hydrogens is 374 g/mol. The molecule has 148 valence electrons. The number of hydrogen-bond acceptors (Lipinski definition) is 5. The lowest BCUT2D eigenvalue weighted by atomic mass is 9.94. The zero-order valence-corrected chi connectivity index (χ0v) is 16.7. The van der Waals surface area contributed by atoms with Gasteiger partial charge >= 0.3 is 0 Å². The second kappa shape index (κ2) is 8.45. The number of likely N-dealkylation sites (tertiary alicyclic amines) is 2. The normalized spacial score (nSPS) is 20.5. The molecule has 3 heterocycles. The number of nitrogens with zero attached hydrogens (tertiary/aromatic N) is 4. The van der Waals surface area contributed by atoms with Crippen LogP contribution in [0.15, 0.2) is 30.5 Å². The molecule has 1 atom stereocenters. The number of halogens is 1. The molecule has 7 heteroatoms. The number of carbonyl (C=O) groups excluding carboxylic acids is 1. The zero-order valence-electron chi connectivity index (χ0n) is 16.0. The van der Waals surface area contributed by atoms with E-state index in [2.05, 4.69) is 14.9 Å². The Balaban J connectivity index is 1.65. The molecular formula is C21H26ClN5O. The Labute approximate surface area is 170 Å². The Morgan fingerprint density at radius 1 is 1.18 bits per heavy atom. The molecule has 0 bridgehead atoms. The summed E-state index contributed by atoms with van der Waals surface area (Å²) in [7, 11) is 0. The maximum atomic E-state index is 12.8. The van der Waals surface area contributed by atoms with Crippen LogP contribution < -0.4 is 5.73 Å². The number of hydrogen-bond donors (Lipinski definition) is 1. The van der Waals surface area contributed by atoms with Crippen LogP contribution in [-0.4, -0.2) is 51.9 Å². The lowest BCUT2D eigenvalue weighted by molar-refractivity contribution is -0.132. The van der Waals surface area contributed by atoms with E-state index in [9.17, 15) is 4.79 Å². The molecule has 2 aliphatic rings. The summed E-state index contributed by atoms with van der Waals surface area (Å²) in [6.07, 6.45) is 7.15. The first-order valence-corrected chi connectivity index (χ1v) is 10.4. The summed E-state index contributed by atoms with van der Waals surface area (Å²) in [6, 6.07) is 7.76. The Bertz CT molecular complexity index is 852. The fourth-order valence-corrected chi connectivity index (χ4v) is 4.46. The summed E-state index contributed by atoms with van der Waals surface area (Å²) < 4.78 is 0. The molecule has 28 heavy (non-hydrogen) atoms. The van der Waals surface area contributed by atoms with Crippen molar-refractivity contribution < 1.29 is 4.79 Å². The summed E-state index contributed by atoms with van der Waals surface area (Å²) in [5, 5.41) is 0.671. The summed E-state index contributed by atoms with van der Waals surface area (Å²) in [4.78, 5) is 25.8. The van der Waals surface area contributed by atoms with Crippen molar-refractivity contribution in [3.8, 4) is 11.1 Å². The first-order chi connectivity index (χ1) is 13.6. The largest absolute Gasteiger partial charge is 0.368 e. The van der Waals surface area contributed by atoms with Gasteiger partial charge in [0.25, 0.3) is 0 Å². The minimum absolute atomic E-state index is 0.0552. The standard InChI is InChI=1S/C21H26ClN5O/c22-16-7-5-6-15(12-16)17-13-24-21(23)25-20(17)18-8-1-2-11-27(18)14-19(28)26-9-3-4-10-26/h5-7,12-13,18H,1-4,8-11,14H2,(H2,23,24,25)/t18-/m1/s1. The van der Waals surface area contributed by atoms with E-state index >= 15 is 0 Å². The van der Waals surface area contributed by atoms with Gasteiger partial charge in [0, 0.05) is 29.9 Å². The summed E-state index contributed by atoms with van der Waals surface area (Å²) >= 11 is 6.21. The fourth-order valence-electron chi connectivity index (χ4n) is 4.27. The Hall–Kier alpha value is -2.18. The van der Waals surface area contributed by atoms with E-state index in [4.69, 9.17) is 17.3 Å². The molecule has 1 aromatic carbocycles. The number of benzene rings is 1. The van der Waals surface area contributed by atoms with Gasteiger partial charge in [-0.25, -0.2) is 9.97 Å². The summed E-state index contributed by atoms with van der Waals surface area (Å²) in [5.41, 5.74) is 8.74. The van der Waals surface area contributed by atoms with Gasteiger partial charge in [-0.2, -0.15) is 0 Å². The lowest BCUT2D eigenvalue weighted by Gasteiger charge is -2.36. The molecule has 2 aliphatic heterocycles. The molecule has 2 saturated heterocycles. The highest BCUT2D eigenvalue weighted by Gasteiger charge is 2.31. The Morgan fingerprint density at radius 3 is 2.75 bits per heavy atom. The number of piperidine rings is 1. The topological polar surface area (TPSA) is 75.3 Å². The van der Waals surface area contributed by atoms with Gasteiger partial charge in [-0.3, -0.25) is 9.69 Å². The van der Waals surface area contributed by atoms with Crippen molar-refractivity contribution in [2.45, 2.75) is 38.1 Å². The van der Waals surface area contributed by atoms with Crippen LogP contribution in [0.3, 0.4) is 0 Å². The first kappa shape index (κ1) is 19.2. The van der Waals surface area contributed by atoms with Crippen LogP contribution in [0.5, 0.6) is 0 Å². The van der Waals surface area contributed by atoms with Crippen molar-refractivity contribution in [1.29, 1.82) is 0 Å². The molecule has 0 aliphatic carbocycles. The number of anilines is 1. The number of amides is 1. The van der Waals surface area contributed by atoms with E-state index in [0.717, 1.165) is 68.6 Å². The molecule has 6 nitrogen and oxygen atoms in total. The maximum Gasteiger partial charge on any atom is 0.236 e. The third kappa shape index (κ3) is 4.13. The number of carbonyl (C=O) groups is 1.